The first-order valence-electron chi connectivity index (χ1n) is 6.59. The molecule has 0 spiro atoms. The molecule has 0 bridgehead atoms. The van der Waals surface area contributed by atoms with E-state index in [1.165, 1.54) is 0 Å². The summed E-state index contributed by atoms with van der Waals surface area (Å²) in [5.41, 5.74) is 6.52. The van der Waals surface area contributed by atoms with Crippen LogP contribution in [0.2, 0.25) is 0 Å². The Kier molecular flexibility index (Phi) is 8.45. The molecule has 2 atom stereocenters. The summed E-state index contributed by atoms with van der Waals surface area (Å²) in [4.78, 5) is 0. The highest BCUT2D eigenvalue weighted by Gasteiger charge is 2.10. The van der Waals surface area contributed by atoms with E-state index >= 15 is 0 Å². The molecule has 0 aliphatic heterocycles. The molecule has 0 aliphatic rings. The second kappa shape index (κ2) is 9.88. The Morgan fingerprint density at radius 3 is 2.95 bits per heavy atom. The third-order valence-electron chi connectivity index (χ3n) is 2.68. The maximum Gasteiger partial charge on any atom is 0.119 e. The van der Waals surface area contributed by atoms with Gasteiger partial charge in [-0.15, -0.1) is 0 Å². The lowest BCUT2D eigenvalue weighted by Gasteiger charge is -2.12. The quantitative estimate of drug-likeness (QED) is 0.621. The summed E-state index contributed by atoms with van der Waals surface area (Å²) in [7, 11) is 0.567. The predicted molar refractivity (Wildman–Crippen MR) is 80.2 cm³/mol. The molecule has 1 aromatic carbocycles. The molecule has 0 aliphatic carbocycles. The summed E-state index contributed by atoms with van der Waals surface area (Å²) in [6.45, 7) is 1.16. The lowest BCUT2D eigenvalue weighted by Crippen LogP contribution is -2.25. The van der Waals surface area contributed by atoms with Crippen molar-refractivity contribution >= 4 is 10.8 Å². The molecule has 0 amide bonds. The predicted octanol–water partition coefficient (Wildman–Crippen LogP) is 0.670. The van der Waals surface area contributed by atoms with Crippen molar-refractivity contribution in [2.45, 2.75) is 19.1 Å². The zero-order valence-corrected chi connectivity index (χ0v) is 12.6. The zero-order chi connectivity index (χ0) is 14.8. The fourth-order valence-corrected chi connectivity index (χ4v) is 2.80. The van der Waals surface area contributed by atoms with Crippen molar-refractivity contribution in [3.63, 3.8) is 0 Å². The smallest absolute Gasteiger partial charge is 0.119 e. The first-order valence-corrected chi connectivity index (χ1v) is 8.08. The molecule has 0 fully saturated rings. The van der Waals surface area contributed by atoms with Gasteiger partial charge in [-0.25, -0.2) is 0 Å². The lowest BCUT2D eigenvalue weighted by atomic mass is 10.2. The van der Waals surface area contributed by atoms with Gasteiger partial charge in [0.2, 0.25) is 0 Å². The van der Waals surface area contributed by atoms with Gasteiger partial charge in [-0.05, 0) is 24.1 Å². The van der Waals surface area contributed by atoms with Gasteiger partial charge in [-0.3, -0.25) is 4.21 Å². The summed E-state index contributed by atoms with van der Waals surface area (Å²) in [5.74, 6) is 1.42. The summed E-state index contributed by atoms with van der Waals surface area (Å²) in [6, 6.07) is 7.41. The fraction of sp³-hybridized carbons (Fsp3) is 0.571. The van der Waals surface area contributed by atoms with Gasteiger partial charge in [0, 0.05) is 36.8 Å². The normalized spacial score (nSPS) is 13.9. The number of ether oxygens (including phenoxy) is 2. The van der Waals surface area contributed by atoms with E-state index in [0.29, 0.717) is 24.7 Å². The Morgan fingerprint density at radius 1 is 1.45 bits per heavy atom. The van der Waals surface area contributed by atoms with Gasteiger partial charge in [-0.2, -0.15) is 0 Å². The standard InChI is InChI=1S/C14H23NO4S/c1-18-6-3-7-20(17)11-13(16)10-19-14-5-2-4-12(8-14)9-15/h2,4-5,8,13,16H,3,6-7,9-11,15H2,1H3. The van der Waals surface area contributed by atoms with Crippen LogP contribution in [0.3, 0.4) is 0 Å². The third-order valence-corrected chi connectivity index (χ3v) is 4.18. The number of nitrogens with two attached hydrogens (primary N) is 1. The average molecular weight is 301 g/mol. The van der Waals surface area contributed by atoms with Crippen molar-refractivity contribution < 1.29 is 18.8 Å². The molecule has 0 heterocycles. The molecular weight excluding hydrogens is 278 g/mol. The van der Waals surface area contributed by atoms with E-state index in [4.69, 9.17) is 15.2 Å². The van der Waals surface area contributed by atoms with Crippen molar-refractivity contribution in [1.82, 2.24) is 0 Å². The largest absolute Gasteiger partial charge is 0.491 e. The summed E-state index contributed by atoms with van der Waals surface area (Å²) in [5, 5.41) is 9.79. The van der Waals surface area contributed by atoms with Crippen molar-refractivity contribution in [2.24, 2.45) is 5.73 Å². The molecule has 20 heavy (non-hydrogen) atoms. The summed E-state index contributed by atoms with van der Waals surface area (Å²) < 4.78 is 22.0. The van der Waals surface area contributed by atoms with Crippen molar-refractivity contribution in [2.75, 3.05) is 31.8 Å². The fourth-order valence-electron chi connectivity index (χ4n) is 1.66. The molecule has 114 valence electrons. The lowest BCUT2D eigenvalue weighted by molar-refractivity contribution is 0.125. The van der Waals surface area contributed by atoms with Gasteiger partial charge >= 0.3 is 0 Å². The van der Waals surface area contributed by atoms with Crippen LogP contribution in [0.1, 0.15) is 12.0 Å². The SMILES string of the molecule is COCCCS(=O)CC(O)COc1cccc(CN)c1. The van der Waals surface area contributed by atoms with Gasteiger partial charge in [0.1, 0.15) is 12.4 Å². The van der Waals surface area contributed by atoms with E-state index in [9.17, 15) is 9.32 Å². The number of hydrogen-bond donors (Lipinski definition) is 2. The van der Waals surface area contributed by atoms with E-state index < -0.39 is 16.9 Å². The molecule has 0 radical (unpaired) electrons. The van der Waals surface area contributed by atoms with E-state index in [1.807, 2.05) is 18.2 Å². The van der Waals surface area contributed by atoms with Crippen LogP contribution in [0.5, 0.6) is 5.75 Å². The number of methoxy groups -OCH3 is 1. The second-order valence-corrected chi connectivity index (χ2v) is 6.09. The minimum absolute atomic E-state index is 0.129. The van der Waals surface area contributed by atoms with Gasteiger partial charge in [0.25, 0.3) is 0 Å². The maximum absolute atomic E-state index is 11.7. The zero-order valence-electron chi connectivity index (χ0n) is 11.8. The highest BCUT2D eigenvalue weighted by atomic mass is 32.2. The molecule has 1 rings (SSSR count). The second-order valence-electron chi connectivity index (χ2n) is 4.47. The first kappa shape index (κ1) is 17.1. The third kappa shape index (κ3) is 7.00. The summed E-state index contributed by atoms with van der Waals surface area (Å²) in [6.07, 6.45) is -0.00481. The topological polar surface area (TPSA) is 81.8 Å². The van der Waals surface area contributed by atoms with Crippen LogP contribution in [0, 0.1) is 0 Å². The molecule has 3 N–H and O–H groups in total. The Bertz CT molecular complexity index is 414. The van der Waals surface area contributed by atoms with Crippen molar-refractivity contribution in [1.29, 1.82) is 0 Å². The van der Waals surface area contributed by atoms with Gasteiger partial charge in [0.05, 0.1) is 11.9 Å². The maximum atomic E-state index is 11.7. The van der Waals surface area contributed by atoms with Crippen molar-refractivity contribution in [3.05, 3.63) is 29.8 Å². The molecule has 1 aromatic rings. The van der Waals surface area contributed by atoms with Crippen LogP contribution in [-0.2, 0) is 22.1 Å². The van der Waals surface area contributed by atoms with E-state index in [0.717, 1.165) is 12.0 Å². The first-order chi connectivity index (χ1) is 9.65. The van der Waals surface area contributed by atoms with Crippen LogP contribution in [-0.4, -0.2) is 47.2 Å². The van der Waals surface area contributed by atoms with Crippen LogP contribution >= 0.6 is 0 Å². The molecule has 2 unspecified atom stereocenters. The number of hydrogen-bond acceptors (Lipinski definition) is 5. The van der Waals surface area contributed by atoms with Crippen LogP contribution in [0.25, 0.3) is 0 Å². The van der Waals surface area contributed by atoms with E-state index in [1.54, 1.807) is 13.2 Å². The number of aliphatic hydroxyl groups excluding tert-OH is 1. The highest BCUT2D eigenvalue weighted by Crippen LogP contribution is 2.13. The Balaban J connectivity index is 2.28. The van der Waals surface area contributed by atoms with E-state index in [2.05, 4.69) is 0 Å². The Labute approximate surface area is 122 Å². The van der Waals surface area contributed by atoms with Crippen LogP contribution < -0.4 is 10.5 Å². The molecule has 5 nitrogen and oxygen atoms in total. The minimum Gasteiger partial charge on any atom is -0.491 e. The highest BCUT2D eigenvalue weighted by molar-refractivity contribution is 7.85. The minimum atomic E-state index is -1.05. The monoisotopic (exact) mass is 301 g/mol. The Hall–Kier alpha value is -0.950. The van der Waals surface area contributed by atoms with Gasteiger partial charge in [-0.1, -0.05) is 12.1 Å². The number of benzene rings is 1. The number of rotatable bonds is 10. The summed E-state index contributed by atoms with van der Waals surface area (Å²) >= 11 is 0. The molecule has 0 aromatic heterocycles. The molecule has 0 saturated heterocycles. The van der Waals surface area contributed by atoms with Gasteiger partial charge in [0.15, 0.2) is 0 Å². The van der Waals surface area contributed by atoms with E-state index in [-0.39, 0.29) is 12.4 Å². The van der Waals surface area contributed by atoms with Crippen LogP contribution in [0.15, 0.2) is 24.3 Å². The Morgan fingerprint density at radius 2 is 2.25 bits per heavy atom. The van der Waals surface area contributed by atoms with Crippen molar-refractivity contribution in [3.8, 4) is 5.75 Å². The average Bonchev–Trinajstić information content (AvgIpc) is 2.45. The van der Waals surface area contributed by atoms with Gasteiger partial charge < -0.3 is 20.3 Å². The number of aliphatic hydroxyl groups is 1. The molecule has 6 heteroatoms. The molecular formula is C14H23NO4S. The molecule has 0 saturated carbocycles. The van der Waals surface area contributed by atoms with Crippen LogP contribution in [0.4, 0.5) is 0 Å².